The van der Waals surface area contributed by atoms with Gasteiger partial charge < -0.3 is 0 Å². The minimum atomic E-state index is 0.282. The minimum absolute atomic E-state index is 0.282. The van der Waals surface area contributed by atoms with Crippen molar-refractivity contribution in [2.75, 3.05) is 0 Å². The number of carbonyl (C=O) groups is 2. The number of ketones is 2. The largest absolute Gasteiger partial charge is 0.300 e. The standard InChI is InChI=1S/C20H30O2/c1-12(21)18-7-8-19-17-5-3-13-11-14(22)4-6-15(13)16(17)9-10-20(18,19)2/h13,15-19H,3-11H2,1-2H3/t13?,15-,16?,17?,18+,19?,20+/m0/s1. The summed E-state index contributed by atoms with van der Waals surface area (Å²) < 4.78 is 0. The summed E-state index contributed by atoms with van der Waals surface area (Å²) in [4.78, 5) is 23.9. The van der Waals surface area contributed by atoms with Gasteiger partial charge in [0.05, 0.1) is 0 Å². The molecule has 122 valence electrons. The van der Waals surface area contributed by atoms with Crippen molar-refractivity contribution < 1.29 is 9.59 Å². The summed E-state index contributed by atoms with van der Waals surface area (Å²) in [5.74, 6) is 5.25. The lowest BCUT2D eigenvalue weighted by Gasteiger charge is -2.55. The summed E-state index contributed by atoms with van der Waals surface area (Å²) in [5, 5.41) is 0. The van der Waals surface area contributed by atoms with Crippen LogP contribution in [0.2, 0.25) is 0 Å². The molecule has 4 saturated carbocycles. The van der Waals surface area contributed by atoms with E-state index in [1.807, 2.05) is 6.92 Å². The Morgan fingerprint density at radius 1 is 1.00 bits per heavy atom. The molecule has 4 aliphatic carbocycles. The van der Waals surface area contributed by atoms with Gasteiger partial charge in [0, 0.05) is 18.8 Å². The maximum atomic E-state index is 12.1. The van der Waals surface area contributed by atoms with E-state index in [1.54, 1.807) is 0 Å². The predicted octanol–water partition coefficient (Wildman–Crippen LogP) is 4.41. The van der Waals surface area contributed by atoms with Crippen molar-refractivity contribution >= 4 is 11.6 Å². The van der Waals surface area contributed by atoms with E-state index >= 15 is 0 Å². The molecule has 2 nitrogen and oxygen atoms in total. The summed E-state index contributed by atoms with van der Waals surface area (Å²) in [6.45, 7) is 4.23. The van der Waals surface area contributed by atoms with E-state index in [2.05, 4.69) is 6.92 Å². The van der Waals surface area contributed by atoms with E-state index in [4.69, 9.17) is 0 Å². The van der Waals surface area contributed by atoms with E-state index in [0.29, 0.717) is 23.4 Å². The first-order chi connectivity index (χ1) is 10.5. The van der Waals surface area contributed by atoms with Crippen LogP contribution in [0.5, 0.6) is 0 Å². The fraction of sp³-hybridized carbons (Fsp3) is 0.900. The van der Waals surface area contributed by atoms with Gasteiger partial charge in [0.2, 0.25) is 0 Å². The Kier molecular flexibility index (Phi) is 3.51. The molecular weight excluding hydrogens is 272 g/mol. The molecule has 0 aromatic rings. The molecule has 22 heavy (non-hydrogen) atoms. The van der Waals surface area contributed by atoms with Gasteiger partial charge in [-0.1, -0.05) is 6.92 Å². The third kappa shape index (κ3) is 2.05. The van der Waals surface area contributed by atoms with E-state index in [9.17, 15) is 9.59 Å². The van der Waals surface area contributed by atoms with Crippen LogP contribution in [0, 0.1) is 40.9 Å². The molecule has 4 fully saturated rings. The first kappa shape index (κ1) is 14.9. The van der Waals surface area contributed by atoms with Gasteiger partial charge in [-0.15, -0.1) is 0 Å². The molecule has 0 spiro atoms. The van der Waals surface area contributed by atoms with Crippen LogP contribution in [0.15, 0.2) is 0 Å². The third-order valence-corrected chi connectivity index (χ3v) is 8.26. The van der Waals surface area contributed by atoms with Crippen molar-refractivity contribution in [1.29, 1.82) is 0 Å². The lowest BCUT2D eigenvalue weighted by atomic mass is 9.49. The monoisotopic (exact) mass is 302 g/mol. The van der Waals surface area contributed by atoms with Crippen LogP contribution in [0.25, 0.3) is 0 Å². The van der Waals surface area contributed by atoms with Crippen LogP contribution in [0.1, 0.15) is 71.6 Å². The molecule has 0 aromatic carbocycles. The highest BCUT2D eigenvalue weighted by molar-refractivity contribution is 5.80. The number of hydrogen-bond donors (Lipinski definition) is 0. The average molecular weight is 302 g/mol. The molecule has 0 bridgehead atoms. The number of rotatable bonds is 1. The van der Waals surface area contributed by atoms with Gasteiger partial charge in [0.1, 0.15) is 11.6 Å². The first-order valence-electron chi connectivity index (χ1n) is 9.53. The summed E-state index contributed by atoms with van der Waals surface area (Å²) in [6.07, 6.45) is 10.4. The van der Waals surface area contributed by atoms with Gasteiger partial charge in [0.15, 0.2) is 0 Å². The van der Waals surface area contributed by atoms with Crippen molar-refractivity contribution in [2.24, 2.45) is 40.9 Å². The molecule has 0 amide bonds. The third-order valence-electron chi connectivity index (χ3n) is 8.26. The van der Waals surface area contributed by atoms with Crippen LogP contribution in [-0.4, -0.2) is 11.6 Å². The molecule has 0 N–H and O–H groups in total. The molecule has 7 atom stereocenters. The lowest BCUT2D eigenvalue weighted by Crippen LogP contribution is -2.49. The smallest absolute Gasteiger partial charge is 0.133 e. The highest BCUT2D eigenvalue weighted by Gasteiger charge is 2.57. The first-order valence-corrected chi connectivity index (χ1v) is 9.53. The van der Waals surface area contributed by atoms with Gasteiger partial charge in [-0.2, -0.15) is 0 Å². The van der Waals surface area contributed by atoms with Crippen molar-refractivity contribution in [1.82, 2.24) is 0 Å². The normalized spacial score (nSPS) is 50.9. The fourth-order valence-corrected chi connectivity index (χ4v) is 7.33. The molecule has 4 aliphatic rings. The lowest BCUT2D eigenvalue weighted by molar-refractivity contribution is -0.132. The van der Waals surface area contributed by atoms with E-state index < -0.39 is 0 Å². The van der Waals surface area contributed by atoms with Crippen LogP contribution >= 0.6 is 0 Å². The molecular formula is C20H30O2. The van der Waals surface area contributed by atoms with Crippen molar-refractivity contribution in [3.05, 3.63) is 0 Å². The zero-order chi connectivity index (χ0) is 15.5. The predicted molar refractivity (Wildman–Crippen MR) is 86.3 cm³/mol. The number of carbonyl (C=O) groups excluding carboxylic acids is 2. The Morgan fingerprint density at radius 3 is 2.59 bits per heavy atom. The Hall–Kier alpha value is -0.660. The second kappa shape index (κ2) is 5.18. The van der Waals surface area contributed by atoms with E-state index in [-0.39, 0.29) is 5.41 Å². The number of Topliss-reactive ketones (excluding diaryl/α,β-unsaturated/α-hetero) is 2. The maximum Gasteiger partial charge on any atom is 0.133 e. The Morgan fingerprint density at radius 2 is 1.82 bits per heavy atom. The van der Waals surface area contributed by atoms with E-state index in [0.717, 1.165) is 49.4 Å². The van der Waals surface area contributed by atoms with Crippen molar-refractivity contribution in [3.63, 3.8) is 0 Å². The summed E-state index contributed by atoms with van der Waals surface area (Å²) in [7, 11) is 0. The van der Waals surface area contributed by atoms with Gasteiger partial charge in [-0.05, 0) is 86.9 Å². The van der Waals surface area contributed by atoms with Crippen molar-refractivity contribution in [3.8, 4) is 0 Å². The van der Waals surface area contributed by atoms with Crippen LogP contribution in [-0.2, 0) is 9.59 Å². The molecule has 0 saturated heterocycles. The number of hydrogen-bond acceptors (Lipinski definition) is 2. The quantitative estimate of drug-likeness (QED) is 0.719. The average Bonchev–Trinajstić information content (AvgIpc) is 2.84. The van der Waals surface area contributed by atoms with Crippen molar-refractivity contribution in [2.45, 2.75) is 71.6 Å². The topological polar surface area (TPSA) is 34.1 Å². The Bertz CT molecular complexity index is 496. The maximum absolute atomic E-state index is 12.1. The van der Waals surface area contributed by atoms with Gasteiger partial charge in [-0.25, -0.2) is 0 Å². The molecule has 0 aliphatic heterocycles. The minimum Gasteiger partial charge on any atom is -0.300 e. The Balaban J connectivity index is 1.58. The van der Waals surface area contributed by atoms with Gasteiger partial charge in [-0.3, -0.25) is 9.59 Å². The summed E-state index contributed by atoms with van der Waals surface area (Å²) in [5.41, 5.74) is 0.282. The Labute approximate surface area is 134 Å². The molecule has 0 aromatic heterocycles. The highest BCUT2D eigenvalue weighted by atomic mass is 16.1. The zero-order valence-electron chi connectivity index (χ0n) is 14.1. The van der Waals surface area contributed by atoms with Crippen LogP contribution < -0.4 is 0 Å². The van der Waals surface area contributed by atoms with Crippen LogP contribution in [0.3, 0.4) is 0 Å². The zero-order valence-corrected chi connectivity index (χ0v) is 14.1. The fourth-order valence-electron chi connectivity index (χ4n) is 7.33. The molecule has 0 heterocycles. The molecule has 4 rings (SSSR count). The second-order valence-corrected chi connectivity index (χ2v) is 9.00. The number of fused-ring (bicyclic) bond motifs is 5. The van der Waals surface area contributed by atoms with Gasteiger partial charge in [0.25, 0.3) is 0 Å². The molecule has 4 unspecified atom stereocenters. The summed E-state index contributed by atoms with van der Waals surface area (Å²) in [6, 6.07) is 0. The van der Waals surface area contributed by atoms with E-state index in [1.165, 1.54) is 32.1 Å². The molecule has 2 heteroatoms. The summed E-state index contributed by atoms with van der Waals surface area (Å²) >= 11 is 0. The van der Waals surface area contributed by atoms with Crippen LogP contribution in [0.4, 0.5) is 0 Å². The SMILES string of the molecule is CC(=O)[C@H]1CCC2C3CCC4CC(=O)CC[C@@H]4C3CC[C@@]21C. The molecule has 0 radical (unpaired) electrons. The highest BCUT2D eigenvalue weighted by Crippen LogP contribution is 2.64. The second-order valence-electron chi connectivity index (χ2n) is 9.00. The van der Waals surface area contributed by atoms with Gasteiger partial charge >= 0.3 is 0 Å².